The fraction of sp³-hybridized carbons (Fsp3) is 0.353. The van der Waals surface area contributed by atoms with Gasteiger partial charge in [0.05, 0.1) is 13.2 Å². The van der Waals surface area contributed by atoms with E-state index in [-0.39, 0.29) is 24.0 Å². The van der Waals surface area contributed by atoms with E-state index < -0.39 is 0 Å². The second kappa shape index (κ2) is 11.4. The minimum absolute atomic E-state index is 0. The summed E-state index contributed by atoms with van der Waals surface area (Å²) in [6, 6.07) is 10.5. The number of benzene rings is 1. The Balaban J connectivity index is 0.00000264. The van der Waals surface area contributed by atoms with Crippen LogP contribution in [0.1, 0.15) is 23.6 Å². The maximum absolute atomic E-state index is 5.12. The minimum Gasteiger partial charge on any atom is -0.380 e. The van der Waals surface area contributed by atoms with Gasteiger partial charge >= 0.3 is 0 Å². The van der Waals surface area contributed by atoms with E-state index in [2.05, 4.69) is 63.6 Å². The molecule has 0 aliphatic heterocycles. The van der Waals surface area contributed by atoms with E-state index in [9.17, 15) is 0 Å². The third kappa shape index (κ3) is 7.32. The quantitative estimate of drug-likeness (QED) is 0.388. The third-order valence-corrected chi connectivity index (χ3v) is 3.87. The molecule has 1 aromatic carbocycles. The standard InChI is InChI=1S/C17H23N3OS.HI/c1-3-18-17(20-11-16-8-9-22-13-16)19-10-14-4-6-15(7-5-14)12-21-2;/h4-9,13H,3,10-12H2,1-2H3,(H2,18,19,20);1H. The molecule has 0 aliphatic rings. The number of thiophene rings is 1. The van der Waals surface area contributed by atoms with Gasteiger partial charge in [-0.25, -0.2) is 4.99 Å². The van der Waals surface area contributed by atoms with Gasteiger partial charge in [0, 0.05) is 20.2 Å². The molecule has 0 saturated heterocycles. The zero-order valence-corrected chi connectivity index (χ0v) is 16.7. The Labute approximate surface area is 159 Å². The van der Waals surface area contributed by atoms with Crippen molar-refractivity contribution >= 4 is 41.3 Å². The highest BCUT2D eigenvalue weighted by molar-refractivity contribution is 14.0. The number of guanidine groups is 1. The number of aliphatic imine (C=N–C) groups is 1. The Morgan fingerprint density at radius 3 is 2.43 bits per heavy atom. The number of ether oxygens (including phenoxy) is 1. The molecular formula is C17H24IN3OS. The second-order valence-electron chi connectivity index (χ2n) is 4.93. The lowest BCUT2D eigenvalue weighted by Gasteiger charge is -2.11. The minimum atomic E-state index is 0. The summed E-state index contributed by atoms with van der Waals surface area (Å²) < 4.78 is 5.12. The molecule has 0 unspecified atom stereocenters. The van der Waals surface area contributed by atoms with Crippen LogP contribution in [0.3, 0.4) is 0 Å². The van der Waals surface area contributed by atoms with Gasteiger partial charge in [-0.05, 0) is 40.4 Å². The molecule has 0 atom stereocenters. The van der Waals surface area contributed by atoms with Gasteiger partial charge in [-0.3, -0.25) is 0 Å². The Kier molecular flexibility index (Phi) is 9.89. The maximum atomic E-state index is 5.12. The number of nitrogens with one attached hydrogen (secondary N) is 2. The highest BCUT2D eigenvalue weighted by Gasteiger charge is 1.99. The third-order valence-electron chi connectivity index (χ3n) is 3.14. The number of halogens is 1. The Morgan fingerprint density at radius 1 is 1.09 bits per heavy atom. The predicted molar refractivity (Wildman–Crippen MR) is 109 cm³/mol. The molecule has 1 aromatic heterocycles. The summed E-state index contributed by atoms with van der Waals surface area (Å²) in [5, 5.41) is 10.8. The first-order valence-corrected chi connectivity index (χ1v) is 8.36. The van der Waals surface area contributed by atoms with Crippen molar-refractivity contribution in [2.45, 2.75) is 26.6 Å². The first-order valence-electron chi connectivity index (χ1n) is 7.42. The fourth-order valence-corrected chi connectivity index (χ4v) is 2.66. The van der Waals surface area contributed by atoms with Crippen molar-refractivity contribution in [1.29, 1.82) is 0 Å². The van der Waals surface area contributed by atoms with Crippen molar-refractivity contribution in [3.8, 4) is 0 Å². The van der Waals surface area contributed by atoms with E-state index in [4.69, 9.17) is 4.74 Å². The summed E-state index contributed by atoms with van der Waals surface area (Å²) in [5.41, 5.74) is 3.65. The van der Waals surface area contributed by atoms with E-state index in [1.54, 1.807) is 18.4 Å². The largest absolute Gasteiger partial charge is 0.380 e. The van der Waals surface area contributed by atoms with Gasteiger partial charge in [-0.15, -0.1) is 24.0 Å². The lowest BCUT2D eigenvalue weighted by Crippen LogP contribution is -2.36. The lowest BCUT2D eigenvalue weighted by atomic mass is 10.1. The first-order chi connectivity index (χ1) is 10.8. The molecule has 23 heavy (non-hydrogen) atoms. The van der Waals surface area contributed by atoms with E-state index in [1.807, 2.05) is 0 Å². The predicted octanol–water partition coefficient (Wildman–Crippen LogP) is 3.77. The fourth-order valence-electron chi connectivity index (χ4n) is 2.00. The van der Waals surface area contributed by atoms with E-state index in [0.29, 0.717) is 13.2 Å². The summed E-state index contributed by atoms with van der Waals surface area (Å²) in [5.74, 6) is 0.842. The maximum Gasteiger partial charge on any atom is 0.191 e. The molecule has 126 valence electrons. The molecule has 0 fully saturated rings. The molecule has 0 aliphatic carbocycles. The van der Waals surface area contributed by atoms with Gasteiger partial charge in [0.15, 0.2) is 5.96 Å². The Bertz CT molecular complexity index is 570. The van der Waals surface area contributed by atoms with Crippen molar-refractivity contribution in [1.82, 2.24) is 10.6 Å². The first kappa shape index (κ1) is 19.9. The van der Waals surface area contributed by atoms with Gasteiger partial charge in [0.25, 0.3) is 0 Å². The number of methoxy groups -OCH3 is 1. The molecule has 6 heteroatoms. The van der Waals surface area contributed by atoms with Crippen molar-refractivity contribution in [2.75, 3.05) is 13.7 Å². The molecular weight excluding hydrogens is 421 g/mol. The van der Waals surface area contributed by atoms with Gasteiger partial charge in [-0.2, -0.15) is 11.3 Å². The van der Waals surface area contributed by atoms with Crippen LogP contribution < -0.4 is 10.6 Å². The second-order valence-corrected chi connectivity index (χ2v) is 5.71. The van der Waals surface area contributed by atoms with Crippen LogP contribution in [-0.4, -0.2) is 19.6 Å². The molecule has 0 amide bonds. The van der Waals surface area contributed by atoms with Crippen LogP contribution in [0.5, 0.6) is 0 Å². The van der Waals surface area contributed by atoms with E-state index in [1.165, 1.54) is 16.7 Å². The molecule has 2 rings (SSSR count). The Hall–Kier alpha value is -1.12. The van der Waals surface area contributed by atoms with E-state index >= 15 is 0 Å². The summed E-state index contributed by atoms with van der Waals surface area (Å²) in [4.78, 5) is 4.60. The van der Waals surface area contributed by atoms with Gasteiger partial charge < -0.3 is 15.4 Å². The SMILES string of the molecule is CCNC(=NCc1ccsc1)NCc1ccc(COC)cc1.I. The summed E-state index contributed by atoms with van der Waals surface area (Å²) >= 11 is 1.70. The molecule has 0 bridgehead atoms. The van der Waals surface area contributed by atoms with Crippen LogP contribution in [0.15, 0.2) is 46.1 Å². The van der Waals surface area contributed by atoms with Gasteiger partial charge in [0.2, 0.25) is 0 Å². The van der Waals surface area contributed by atoms with Crippen molar-refractivity contribution < 1.29 is 4.74 Å². The molecule has 4 nitrogen and oxygen atoms in total. The summed E-state index contributed by atoms with van der Waals surface area (Å²) in [6.07, 6.45) is 0. The van der Waals surface area contributed by atoms with Gasteiger partial charge in [-0.1, -0.05) is 24.3 Å². The zero-order valence-electron chi connectivity index (χ0n) is 13.5. The van der Waals surface area contributed by atoms with Crippen molar-refractivity contribution in [3.63, 3.8) is 0 Å². The van der Waals surface area contributed by atoms with Crippen LogP contribution >= 0.6 is 35.3 Å². The molecule has 0 saturated carbocycles. The highest BCUT2D eigenvalue weighted by Crippen LogP contribution is 2.07. The summed E-state index contributed by atoms with van der Waals surface area (Å²) in [6.45, 7) is 5.02. The smallest absolute Gasteiger partial charge is 0.191 e. The topological polar surface area (TPSA) is 45.7 Å². The lowest BCUT2D eigenvalue weighted by molar-refractivity contribution is 0.185. The Morgan fingerprint density at radius 2 is 1.83 bits per heavy atom. The number of hydrogen-bond acceptors (Lipinski definition) is 3. The molecule has 0 radical (unpaired) electrons. The molecule has 2 N–H and O–H groups in total. The number of hydrogen-bond donors (Lipinski definition) is 2. The van der Waals surface area contributed by atoms with Crippen molar-refractivity contribution in [2.24, 2.45) is 4.99 Å². The monoisotopic (exact) mass is 445 g/mol. The number of rotatable bonds is 7. The molecule has 2 aromatic rings. The van der Waals surface area contributed by atoms with Crippen LogP contribution in [-0.2, 0) is 24.4 Å². The van der Waals surface area contributed by atoms with Crippen molar-refractivity contribution in [3.05, 3.63) is 57.8 Å². The normalized spacial score (nSPS) is 11.0. The molecule has 1 heterocycles. The van der Waals surface area contributed by atoms with Gasteiger partial charge in [0.1, 0.15) is 0 Å². The summed E-state index contributed by atoms with van der Waals surface area (Å²) in [7, 11) is 1.71. The van der Waals surface area contributed by atoms with E-state index in [0.717, 1.165) is 19.0 Å². The number of nitrogens with zero attached hydrogens (tertiary/aromatic N) is 1. The highest BCUT2D eigenvalue weighted by atomic mass is 127. The van der Waals surface area contributed by atoms with Crippen LogP contribution in [0.2, 0.25) is 0 Å². The average molecular weight is 445 g/mol. The zero-order chi connectivity index (χ0) is 15.6. The van der Waals surface area contributed by atoms with Crippen LogP contribution in [0.25, 0.3) is 0 Å². The van der Waals surface area contributed by atoms with Crippen LogP contribution in [0.4, 0.5) is 0 Å². The van der Waals surface area contributed by atoms with Crippen LogP contribution in [0, 0.1) is 0 Å². The average Bonchev–Trinajstić information content (AvgIpc) is 3.05. The molecule has 0 spiro atoms.